The second-order valence-corrected chi connectivity index (χ2v) is 9.00. The lowest BCUT2D eigenvalue weighted by Gasteiger charge is -2.35. The molecule has 0 radical (unpaired) electrons. The first-order chi connectivity index (χ1) is 16.0. The van der Waals surface area contributed by atoms with Crippen molar-refractivity contribution in [1.29, 1.82) is 0 Å². The van der Waals surface area contributed by atoms with Gasteiger partial charge in [-0.3, -0.25) is 4.90 Å². The van der Waals surface area contributed by atoms with Gasteiger partial charge < -0.3 is 9.84 Å². The zero-order valence-corrected chi connectivity index (χ0v) is 19.5. The number of urea groups is 1. The molecule has 3 heterocycles. The van der Waals surface area contributed by atoms with Gasteiger partial charge in [0.1, 0.15) is 0 Å². The summed E-state index contributed by atoms with van der Waals surface area (Å²) in [5.74, 6) is 0.942. The number of rotatable bonds is 5. The van der Waals surface area contributed by atoms with Crippen molar-refractivity contribution in [1.82, 2.24) is 15.5 Å². The number of allylic oxidation sites excluding steroid dienone is 1. The van der Waals surface area contributed by atoms with E-state index in [0.29, 0.717) is 11.7 Å². The molecular weight excluding hydrogens is 432 g/mol. The van der Waals surface area contributed by atoms with E-state index in [0.717, 1.165) is 39.4 Å². The van der Waals surface area contributed by atoms with E-state index in [4.69, 9.17) is 9.51 Å². The van der Waals surface area contributed by atoms with E-state index >= 15 is 0 Å². The number of thiophene rings is 1. The molecule has 0 bridgehead atoms. The number of carbonyl (C=O) groups is 1. The fourth-order valence-electron chi connectivity index (χ4n) is 4.13. The second-order valence-electron chi connectivity index (χ2n) is 8.05. The Labute approximate surface area is 196 Å². The average Bonchev–Trinajstić information content (AvgIpc) is 3.51. The highest BCUT2D eigenvalue weighted by Gasteiger charge is 2.36. The maximum Gasteiger partial charge on any atom is 0.326 e. The van der Waals surface area contributed by atoms with Crippen LogP contribution in [0.25, 0.3) is 16.3 Å². The van der Waals surface area contributed by atoms with Crippen molar-refractivity contribution in [3.8, 4) is 10.7 Å². The third-order valence-electron chi connectivity index (χ3n) is 5.86. The molecule has 0 spiro atoms. The third kappa shape index (κ3) is 3.96. The molecule has 1 aliphatic rings. The lowest BCUT2D eigenvalue weighted by Crippen LogP contribution is -2.46. The number of aromatic nitrogens is 2. The van der Waals surface area contributed by atoms with E-state index in [1.165, 1.54) is 5.56 Å². The van der Waals surface area contributed by atoms with Crippen LogP contribution in [0.1, 0.15) is 42.5 Å². The molecule has 0 aliphatic carbocycles. The highest BCUT2D eigenvalue weighted by Crippen LogP contribution is 2.39. The lowest BCUT2D eigenvalue weighted by molar-refractivity contribution is 0.244. The summed E-state index contributed by atoms with van der Waals surface area (Å²) < 4.78 is 5.75. The van der Waals surface area contributed by atoms with Gasteiger partial charge in [0.25, 0.3) is 5.89 Å². The van der Waals surface area contributed by atoms with E-state index in [2.05, 4.69) is 41.7 Å². The Morgan fingerprint density at radius 2 is 1.91 bits per heavy atom. The highest BCUT2D eigenvalue weighted by atomic mass is 32.1. The molecular formula is C26H24N4O2S. The highest BCUT2D eigenvalue weighted by molar-refractivity contribution is 7.13. The molecule has 0 saturated heterocycles. The van der Waals surface area contributed by atoms with Gasteiger partial charge in [-0.15, -0.1) is 11.3 Å². The zero-order chi connectivity index (χ0) is 22.9. The standard InChI is InChI=1S/C26H24N4O2S/c1-4-18-10-12-19(13-11-18)23-22(25-28-24(29-32-25)21-9-6-14-33-21)17(3)30(26(31)27-23)20-8-5-7-16(2)15-20/h5-15,23H,4H2,1-3H3,(H,27,31). The SMILES string of the molecule is CCc1ccc(C2NC(=O)N(c3cccc(C)c3)C(C)=C2c2nc(-c3cccs3)no2)cc1. The fourth-order valence-corrected chi connectivity index (χ4v) is 4.78. The number of hydrogen-bond donors (Lipinski definition) is 1. The van der Waals surface area contributed by atoms with Crippen molar-refractivity contribution in [2.75, 3.05) is 4.90 Å². The van der Waals surface area contributed by atoms with E-state index < -0.39 is 6.04 Å². The van der Waals surface area contributed by atoms with E-state index in [9.17, 15) is 4.79 Å². The van der Waals surface area contributed by atoms with Crippen LogP contribution in [0.5, 0.6) is 0 Å². The number of hydrogen-bond acceptors (Lipinski definition) is 5. The van der Waals surface area contributed by atoms with Gasteiger partial charge in [-0.25, -0.2) is 4.79 Å². The molecule has 1 unspecified atom stereocenters. The topological polar surface area (TPSA) is 71.3 Å². The van der Waals surface area contributed by atoms with Gasteiger partial charge in [0.05, 0.1) is 22.2 Å². The Morgan fingerprint density at radius 3 is 2.61 bits per heavy atom. The second kappa shape index (κ2) is 8.67. The molecule has 1 aliphatic heterocycles. The molecule has 2 aromatic heterocycles. The molecule has 6 nitrogen and oxygen atoms in total. The van der Waals surface area contributed by atoms with Crippen molar-refractivity contribution in [2.45, 2.75) is 33.2 Å². The van der Waals surface area contributed by atoms with Gasteiger partial charge in [0, 0.05) is 5.70 Å². The van der Waals surface area contributed by atoms with Gasteiger partial charge in [0.2, 0.25) is 5.82 Å². The smallest absolute Gasteiger partial charge is 0.326 e. The third-order valence-corrected chi connectivity index (χ3v) is 6.73. The summed E-state index contributed by atoms with van der Waals surface area (Å²) >= 11 is 1.56. The van der Waals surface area contributed by atoms with Crippen LogP contribution in [0, 0.1) is 6.92 Å². The Balaban J connectivity index is 1.65. The monoisotopic (exact) mass is 456 g/mol. The first kappa shape index (κ1) is 21.2. The average molecular weight is 457 g/mol. The van der Waals surface area contributed by atoms with Crippen LogP contribution in [0.3, 0.4) is 0 Å². The lowest BCUT2D eigenvalue weighted by atomic mass is 9.93. The summed E-state index contributed by atoms with van der Waals surface area (Å²) in [6.07, 6.45) is 0.952. The van der Waals surface area contributed by atoms with Crippen molar-refractivity contribution >= 4 is 28.6 Å². The van der Waals surface area contributed by atoms with Gasteiger partial charge in [-0.05, 0) is 60.5 Å². The van der Waals surface area contributed by atoms with Gasteiger partial charge >= 0.3 is 6.03 Å². The molecule has 166 valence electrons. The molecule has 1 N–H and O–H groups in total. The molecule has 2 amide bonds. The fraction of sp³-hybridized carbons (Fsp3) is 0.192. The molecule has 2 aromatic carbocycles. The van der Waals surface area contributed by atoms with E-state index in [-0.39, 0.29) is 6.03 Å². The maximum atomic E-state index is 13.3. The Morgan fingerprint density at radius 1 is 1.09 bits per heavy atom. The predicted molar refractivity (Wildman–Crippen MR) is 131 cm³/mol. The molecule has 0 fully saturated rings. The number of nitrogens with zero attached hydrogens (tertiary/aromatic N) is 3. The Kier molecular flexibility index (Phi) is 5.56. The Hall–Kier alpha value is -3.71. The van der Waals surface area contributed by atoms with Crippen molar-refractivity contribution in [2.24, 2.45) is 0 Å². The van der Waals surface area contributed by atoms with Crippen LogP contribution in [0.4, 0.5) is 10.5 Å². The molecule has 0 saturated carbocycles. The van der Waals surface area contributed by atoms with Crippen LogP contribution in [0.2, 0.25) is 0 Å². The summed E-state index contributed by atoms with van der Waals surface area (Å²) in [6, 6.07) is 19.5. The minimum atomic E-state index is -0.402. The first-order valence-corrected chi connectivity index (χ1v) is 11.8. The van der Waals surface area contributed by atoms with Crippen LogP contribution in [-0.2, 0) is 6.42 Å². The molecule has 5 rings (SSSR count). The maximum absolute atomic E-state index is 13.3. The quantitative estimate of drug-likeness (QED) is 0.379. The number of amides is 2. The summed E-state index contributed by atoms with van der Waals surface area (Å²) in [4.78, 5) is 20.6. The number of aryl methyl sites for hydroxylation is 2. The zero-order valence-electron chi connectivity index (χ0n) is 18.7. The van der Waals surface area contributed by atoms with Gasteiger partial charge in [-0.1, -0.05) is 54.5 Å². The molecule has 7 heteroatoms. The van der Waals surface area contributed by atoms with E-state index in [1.807, 2.05) is 55.6 Å². The number of nitrogens with one attached hydrogen (secondary N) is 1. The molecule has 1 atom stereocenters. The normalized spacial score (nSPS) is 16.3. The van der Waals surface area contributed by atoms with Gasteiger partial charge in [-0.2, -0.15) is 4.98 Å². The predicted octanol–water partition coefficient (Wildman–Crippen LogP) is 6.37. The number of anilines is 1. The minimum Gasteiger partial charge on any atom is -0.334 e. The van der Waals surface area contributed by atoms with Crippen LogP contribution in [-0.4, -0.2) is 16.2 Å². The van der Waals surface area contributed by atoms with Crippen LogP contribution in [0.15, 0.2) is 76.3 Å². The van der Waals surface area contributed by atoms with Crippen molar-refractivity contribution < 1.29 is 9.32 Å². The van der Waals surface area contributed by atoms with Gasteiger partial charge in [0.15, 0.2) is 0 Å². The number of carbonyl (C=O) groups excluding carboxylic acids is 1. The van der Waals surface area contributed by atoms with Crippen LogP contribution < -0.4 is 10.2 Å². The summed E-state index contributed by atoms with van der Waals surface area (Å²) in [5.41, 5.74) is 5.62. The van der Waals surface area contributed by atoms with Crippen LogP contribution >= 0.6 is 11.3 Å². The van der Waals surface area contributed by atoms with Crippen molar-refractivity contribution in [3.05, 3.63) is 94.3 Å². The summed E-state index contributed by atoms with van der Waals surface area (Å²) in [5, 5.41) is 9.36. The summed E-state index contributed by atoms with van der Waals surface area (Å²) in [7, 11) is 0. The largest absolute Gasteiger partial charge is 0.334 e. The first-order valence-electron chi connectivity index (χ1n) is 10.9. The minimum absolute atomic E-state index is 0.190. The Bertz CT molecular complexity index is 1320. The van der Waals surface area contributed by atoms with E-state index in [1.54, 1.807) is 16.2 Å². The molecule has 4 aromatic rings. The molecule has 33 heavy (non-hydrogen) atoms. The summed E-state index contributed by atoms with van der Waals surface area (Å²) in [6.45, 7) is 6.06. The van der Waals surface area contributed by atoms with Crippen molar-refractivity contribution in [3.63, 3.8) is 0 Å². The number of benzene rings is 2.